The Kier molecular flexibility index (Phi) is 3.48. The Bertz CT molecular complexity index is 265. The fourth-order valence-electron chi connectivity index (χ4n) is 1.57. The molecule has 0 unspecified atom stereocenters. The van der Waals surface area contributed by atoms with Crippen LogP contribution in [0, 0.1) is 6.92 Å². The molecule has 1 aliphatic rings. The summed E-state index contributed by atoms with van der Waals surface area (Å²) in [4.78, 5) is 6.58. The molecule has 0 saturated heterocycles. The number of likely N-dealkylation sites (N-methyl/N-ethyl adjacent to an activating group) is 1. The average Bonchev–Trinajstić information content (AvgIpc) is 2.51. The van der Waals surface area contributed by atoms with Gasteiger partial charge in [0.05, 0.1) is 5.69 Å². The van der Waals surface area contributed by atoms with Crippen LogP contribution in [0.1, 0.15) is 25.4 Å². The van der Waals surface area contributed by atoms with E-state index in [0.29, 0.717) is 0 Å². The minimum atomic E-state index is 1.04. The average molecular weight is 181 g/mol. The highest BCUT2D eigenvalue weighted by Gasteiger charge is 2.13. The predicted molar refractivity (Wildman–Crippen MR) is 54.6 cm³/mol. The van der Waals surface area contributed by atoms with Crippen LogP contribution in [-0.2, 0) is 13.1 Å². The number of aryl methyl sites for hydroxylation is 1. The van der Waals surface area contributed by atoms with Gasteiger partial charge in [-0.25, -0.2) is 4.98 Å². The normalized spacial score (nSPS) is 16.0. The minimum Gasteiger partial charge on any atom is -0.330 e. The molecular weight excluding hydrogens is 162 g/mol. The molecule has 1 aliphatic heterocycles. The van der Waals surface area contributed by atoms with Gasteiger partial charge in [-0.15, -0.1) is 0 Å². The van der Waals surface area contributed by atoms with Crippen LogP contribution in [0.25, 0.3) is 0 Å². The Morgan fingerprint density at radius 1 is 1.31 bits per heavy atom. The summed E-state index contributed by atoms with van der Waals surface area (Å²) in [5.74, 6) is 1.15. The molecule has 0 aromatic carbocycles. The van der Waals surface area contributed by atoms with Crippen LogP contribution in [0.2, 0.25) is 0 Å². The van der Waals surface area contributed by atoms with Crippen LogP contribution in [0.3, 0.4) is 0 Å². The lowest BCUT2D eigenvalue weighted by molar-refractivity contribution is 0.268. The molecule has 1 aromatic rings. The lowest BCUT2D eigenvalue weighted by Gasteiger charge is -2.24. The van der Waals surface area contributed by atoms with E-state index in [2.05, 4.69) is 28.4 Å². The third-order valence-corrected chi connectivity index (χ3v) is 2.27. The summed E-state index contributed by atoms with van der Waals surface area (Å²) in [6, 6.07) is 0. The quantitative estimate of drug-likeness (QED) is 0.607. The van der Waals surface area contributed by atoms with Crippen molar-refractivity contribution in [3.63, 3.8) is 0 Å². The van der Waals surface area contributed by atoms with Gasteiger partial charge in [-0.1, -0.05) is 13.8 Å². The van der Waals surface area contributed by atoms with E-state index in [1.54, 1.807) is 0 Å². The number of nitrogens with zero attached hydrogens (tertiary/aromatic N) is 3. The molecule has 0 N–H and O–H groups in total. The summed E-state index contributed by atoms with van der Waals surface area (Å²) >= 11 is 0. The van der Waals surface area contributed by atoms with Crippen molar-refractivity contribution in [1.82, 2.24) is 14.5 Å². The Hall–Kier alpha value is -0.830. The van der Waals surface area contributed by atoms with Crippen molar-refractivity contribution in [2.75, 3.05) is 13.6 Å². The van der Waals surface area contributed by atoms with Crippen molar-refractivity contribution < 1.29 is 0 Å². The maximum atomic E-state index is 4.27. The standard InChI is InChI=1S/C8H13N3.C2H6/c1-7-9-5-8-6-10(2)3-4-11(7)8;1-2/h5H,3-4,6H2,1-2H3;1-2H3. The predicted octanol–water partition coefficient (Wildman–Crippen LogP) is 1.66. The van der Waals surface area contributed by atoms with Crippen LogP contribution >= 0.6 is 0 Å². The highest BCUT2D eigenvalue weighted by atomic mass is 15.2. The van der Waals surface area contributed by atoms with E-state index < -0.39 is 0 Å². The van der Waals surface area contributed by atoms with Gasteiger partial charge in [0.2, 0.25) is 0 Å². The Labute approximate surface area is 80.4 Å². The molecule has 0 spiro atoms. The van der Waals surface area contributed by atoms with Crippen molar-refractivity contribution in [3.05, 3.63) is 17.7 Å². The van der Waals surface area contributed by atoms with Crippen LogP contribution in [0.4, 0.5) is 0 Å². The first-order chi connectivity index (χ1) is 6.27. The smallest absolute Gasteiger partial charge is 0.105 e. The summed E-state index contributed by atoms with van der Waals surface area (Å²) in [7, 11) is 2.14. The second-order valence-electron chi connectivity index (χ2n) is 3.19. The molecule has 2 heterocycles. The molecule has 3 nitrogen and oxygen atoms in total. The van der Waals surface area contributed by atoms with Gasteiger partial charge < -0.3 is 4.57 Å². The number of imidazole rings is 1. The third kappa shape index (κ3) is 2.10. The zero-order valence-electron chi connectivity index (χ0n) is 9.04. The molecule has 1 aromatic heterocycles. The second-order valence-corrected chi connectivity index (χ2v) is 3.19. The molecule has 0 amide bonds. The van der Waals surface area contributed by atoms with Crippen molar-refractivity contribution >= 4 is 0 Å². The van der Waals surface area contributed by atoms with Crippen LogP contribution in [0.15, 0.2) is 6.20 Å². The second kappa shape index (κ2) is 4.42. The Morgan fingerprint density at radius 2 is 2.00 bits per heavy atom. The fraction of sp³-hybridized carbons (Fsp3) is 0.700. The zero-order valence-corrected chi connectivity index (χ0v) is 9.04. The molecule has 0 radical (unpaired) electrons. The van der Waals surface area contributed by atoms with Gasteiger partial charge in [-0.3, -0.25) is 4.90 Å². The van der Waals surface area contributed by atoms with Crippen LogP contribution < -0.4 is 0 Å². The summed E-state index contributed by atoms with van der Waals surface area (Å²) in [6.45, 7) is 9.34. The first kappa shape index (κ1) is 10.3. The highest BCUT2D eigenvalue weighted by Crippen LogP contribution is 2.11. The van der Waals surface area contributed by atoms with Gasteiger partial charge in [-0.05, 0) is 14.0 Å². The fourth-order valence-corrected chi connectivity index (χ4v) is 1.57. The van der Waals surface area contributed by atoms with E-state index in [0.717, 1.165) is 25.5 Å². The van der Waals surface area contributed by atoms with Gasteiger partial charge in [0.25, 0.3) is 0 Å². The van der Waals surface area contributed by atoms with E-state index >= 15 is 0 Å². The SMILES string of the molecule is CC.Cc1ncc2n1CCN(C)C2. The number of aromatic nitrogens is 2. The molecule has 3 heteroatoms. The van der Waals surface area contributed by atoms with Crippen LogP contribution in [-0.4, -0.2) is 28.0 Å². The van der Waals surface area contributed by atoms with Gasteiger partial charge in [-0.2, -0.15) is 0 Å². The Morgan fingerprint density at radius 3 is 2.69 bits per heavy atom. The molecule has 0 aliphatic carbocycles. The Balaban J connectivity index is 0.000000396. The van der Waals surface area contributed by atoms with Crippen molar-refractivity contribution in [3.8, 4) is 0 Å². The van der Waals surface area contributed by atoms with Gasteiger partial charge in [0.15, 0.2) is 0 Å². The van der Waals surface area contributed by atoms with Crippen LogP contribution in [0.5, 0.6) is 0 Å². The monoisotopic (exact) mass is 181 g/mol. The van der Waals surface area contributed by atoms with Gasteiger partial charge in [0, 0.05) is 25.8 Å². The molecule has 13 heavy (non-hydrogen) atoms. The summed E-state index contributed by atoms with van der Waals surface area (Å²) in [6.07, 6.45) is 1.98. The summed E-state index contributed by atoms with van der Waals surface area (Å²) < 4.78 is 2.29. The van der Waals surface area contributed by atoms with Crippen molar-refractivity contribution in [1.29, 1.82) is 0 Å². The minimum absolute atomic E-state index is 1.04. The van der Waals surface area contributed by atoms with Crippen molar-refractivity contribution in [2.24, 2.45) is 0 Å². The molecule has 0 saturated carbocycles. The van der Waals surface area contributed by atoms with E-state index in [9.17, 15) is 0 Å². The maximum absolute atomic E-state index is 4.27. The summed E-state index contributed by atoms with van der Waals surface area (Å²) in [5.41, 5.74) is 1.34. The molecule has 0 bridgehead atoms. The third-order valence-electron chi connectivity index (χ3n) is 2.27. The number of hydrogen-bond donors (Lipinski definition) is 0. The number of rotatable bonds is 0. The molecule has 2 rings (SSSR count). The molecule has 74 valence electrons. The van der Waals surface area contributed by atoms with E-state index in [1.807, 2.05) is 20.0 Å². The highest BCUT2D eigenvalue weighted by molar-refractivity contribution is 5.06. The lowest BCUT2D eigenvalue weighted by Crippen LogP contribution is -2.30. The first-order valence-corrected chi connectivity index (χ1v) is 4.97. The van der Waals surface area contributed by atoms with Crippen molar-refractivity contribution in [2.45, 2.75) is 33.9 Å². The largest absolute Gasteiger partial charge is 0.330 e. The van der Waals surface area contributed by atoms with Gasteiger partial charge >= 0.3 is 0 Å². The number of fused-ring (bicyclic) bond motifs is 1. The topological polar surface area (TPSA) is 21.1 Å². The van der Waals surface area contributed by atoms with Gasteiger partial charge in [0.1, 0.15) is 5.82 Å². The van der Waals surface area contributed by atoms with E-state index in [-0.39, 0.29) is 0 Å². The lowest BCUT2D eigenvalue weighted by atomic mass is 10.3. The molecule has 0 atom stereocenters. The molecular formula is C10H19N3. The number of hydrogen-bond acceptors (Lipinski definition) is 2. The zero-order chi connectivity index (χ0) is 9.84. The summed E-state index contributed by atoms with van der Waals surface area (Å²) in [5, 5.41) is 0. The van der Waals surface area contributed by atoms with E-state index in [1.165, 1.54) is 5.69 Å². The maximum Gasteiger partial charge on any atom is 0.105 e. The first-order valence-electron chi connectivity index (χ1n) is 4.97. The van der Waals surface area contributed by atoms with E-state index in [4.69, 9.17) is 0 Å². The molecule has 0 fully saturated rings.